The third-order valence-corrected chi connectivity index (χ3v) is 4.02. The van der Waals surface area contributed by atoms with Crippen LogP contribution in [-0.2, 0) is 17.7 Å². The Bertz CT molecular complexity index is 534. The van der Waals surface area contributed by atoms with Gasteiger partial charge in [-0.15, -0.1) is 0 Å². The smallest absolute Gasteiger partial charge is 0.320 e. The van der Waals surface area contributed by atoms with Gasteiger partial charge in [-0.05, 0) is 11.6 Å². The van der Waals surface area contributed by atoms with Gasteiger partial charge in [0.2, 0.25) is 5.28 Å². The number of halogens is 2. The van der Waals surface area contributed by atoms with Crippen molar-refractivity contribution in [1.29, 1.82) is 0 Å². The molecule has 20 heavy (non-hydrogen) atoms. The number of ether oxygens (including phenoxy) is 1. The van der Waals surface area contributed by atoms with Gasteiger partial charge < -0.3 is 14.5 Å². The van der Waals surface area contributed by atoms with Crippen LogP contribution in [0.5, 0.6) is 0 Å². The van der Waals surface area contributed by atoms with Gasteiger partial charge in [-0.25, -0.2) is 14.8 Å². The van der Waals surface area contributed by atoms with Gasteiger partial charge >= 0.3 is 6.03 Å². The Balaban J connectivity index is 1.76. The quantitative estimate of drug-likeness (QED) is 0.539. The van der Waals surface area contributed by atoms with Crippen LogP contribution in [0.25, 0.3) is 0 Å². The summed E-state index contributed by atoms with van der Waals surface area (Å²) in [6.45, 7) is 3.50. The van der Waals surface area contributed by atoms with Crippen molar-refractivity contribution in [2.24, 2.45) is 0 Å². The molecule has 0 unspecified atom stereocenters. The van der Waals surface area contributed by atoms with Gasteiger partial charge in [-0.1, -0.05) is 11.6 Å². The Morgan fingerprint density at radius 2 is 1.85 bits per heavy atom. The molecule has 2 amide bonds. The van der Waals surface area contributed by atoms with E-state index in [4.69, 9.17) is 27.9 Å². The molecular weight excluding hydrogens is 303 g/mol. The number of morpholine rings is 1. The molecule has 0 aromatic carbocycles. The average molecular weight is 317 g/mol. The number of carbonyl (C=O) groups excluding carboxylic acids is 1. The molecular formula is C12H14Cl2N4O2. The Morgan fingerprint density at radius 3 is 2.60 bits per heavy atom. The lowest BCUT2D eigenvalue weighted by Crippen LogP contribution is -2.49. The fourth-order valence-electron chi connectivity index (χ4n) is 2.46. The summed E-state index contributed by atoms with van der Waals surface area (Å²) in [7, 11) is 0. The van der Waals surface area contributed by atoms with Crippen LogP contribution in [0.3, 0.4) is 0 Å². The van der Waals surface area contributed by atoms with Gasteiger partial charge in [0.15, 0.2) is 0 Å². The molecule has 2 aliphatic heterocycles. The topological polar surface area (TPSA) is 58.6 Å². The van der Waals surface area contributed by atoms with Gasteiger partial charge in [0, 0.05) is 31.6 Å². The fourth-order valence-corrected chi connectivity index (χ4v) is 2.94. The van der Waals surface area contributed by atoms with Crippen molar-refractivity contribution in [1.82, 2.24) is 19.8 Å². The molecule has 8 heteroatoms. The number of nitrogens with zero attached hydrogens (tertiary/aromatic N) is 4. The summed E-state index contributed by atoms with van der Waals surface area (Å²) in [6, 6.07) is 0.0185. The first-order valence-electron chi connectivity index (χ1n) is 6.47. The largest absolute Gasteiger partial charge is 0.378 e. The van der Waals surface area contributed by atoms with Crippen LogP contribution < -0.4 is 0 Å². The van der Waals surface area contributed by atoms with E-state index in [9.17, 15) is 4.79 Å². The molecule has 0 spiro atoms. The first kappa shape index (κ1) is 13.9. The minimum absolute atomic E-state index is 0.0185. The average Bonchev–Trinajstić information content (AvgIpc) is 2.47. The zero-order valence-electron chi connectivity index (χ0n) is 10.8. The molecule has 2 aliphatic rings. The highest BCUT2D eigenvalue weighted by molar-refractivity contribution is 6.32. The zero-order chi connectivity index (χ0) is 14.1. The third kappa shape index (κ3) is 2.68. The third-order valence-electron chi connectivity index (χ3n) is 3.53. The first-order chi connectivity index (χ1) is 9.65. The Labute approximate surface area is 126 Å². The van der Waals surface area contributed by atoms with Gasteiger partial charge in [0.25, 0.3) is 0 Å². The molecule has 1 aromatic heterocycles. The fraction of sp³-hybridized carbons (Fsp3) is 0.583. The number of hydrogen-bond donors (Lipinski definition) is 0. The first-order valence-corrected chi connectivity index (χ1v) is 7.23. The summed E-state index contributed by atoms with van der Waals surface area (Å²) in [4.78, 5) is 24.1. The van der Waals surface area contributed by atoms with E-state index in [1.165, 1.54) is 0 Å². The van der Waals surface area contributed by atoms with Crippen molar-refractivity contribution < 1.29 is 9.53 Å². The SMILES string of the molecule is O=C(N1CCOCC1)N1CCc2nc(Cl)nc(Cl)c2C1. The van der Waals surface area contributed by atoms with Crippen molar-refractivity contribution in [3.05, 3.63) is 21.7 Å². The van der Waals surface area contributed by atoms with Crippen molar-refractivity contribution in [3.8, 4) is 0 Å². The number of rotatable bonds is 0. The van der Waals surface area contributed by atoms with E-state index in [0.29, 0.717) is 51.0 Å². The van der Waals surface area contributed by atoms with E-state index in [2.05, 4.69) is 9.97 Å². The second kappa shape index (κ2) is 5.71. The van der Waals surface area contributed by atoms with E-state index in [0.717, 1.165) is 11.3 Å². The van der Waals surface area contributed by atoms with E-state index in [1.54, 1.807) is 9.80 Å². The van der Waals surface area contributed by atoms with Crippen LogP contribution >= 0.6 is 23.2 Å². The zero-order valence-corrected chi connectivity index (χ0v) is 12.3. The lowest BCUT2D eigenvalue weighted by atomic mass is 10.1. The summed E-state index contributed by atoms with van der Waals surface area (Å²) in [5, 5.41) is 0.487. The molecule has 0 N–H and O–H groups in total. The summed E-state index contributed by atoms with van der Waals surface area (Å²) >= 11 is 11.9. The lowest BCUT2D eigenvalue weighted by Gasteiger charge is -2.35. The van der Waals surface area contributed by atoms with Crippen molar-refractivity contribution in [3.63, 3.8) is 0 Å². The van der Waals surface area contributed by atoms with Crippen molar-refractivity contribution in [2.75, 3.05) is 32.8 Å². The van der Waals surface area contributed by atoms with E-state index in [-0.39, 0.29) is 11.3 Å². The van der Waals surface area contributed by atoms with Crippen LogP contribution in [0.2, 0.25) is 10.4 Å². The minimum atomic E-state index is 0.0185. The maximum Gasteiger partial charge on any atom is 0.320 e. The number of carbonyl (C=O) groups is 1. The Morgan fingerprint density at radius 1 is 1.10 bits per heavy atom. The van der Waals surface area contributed by atoms with Crippen LogP contribution in [0, 0.1) is 0 Å². The number of aromatic nitrogens is 2. The molecule has 1 aromatic rings. The van der Waals surface area contributed by atoms with E-state index in [1.807, 2.05) is 0 Å². The second-order valence-electron chi connectivity index (χ2n) is 4.76. The van der Waals surface area contributed by atoms with Crippen molar-refractivity contribution >= 4 is 29.2 Å². The highest BCUT2D eigenvalue weighted by atomic mass is 35.5. The summed E-state index contributed by atoms with van der Waals surface area (Å²) in [5.74, 6) is 0. The van der Waals surface area contributed by atoms with Crippen LogP contribution in [0.4, 0.5) is 4.79 Å². The predicted molar refractivity (Wildman–Crippen MR) is 74.0 cm³/mol. The summed E-state index contributed by atoms with van der Waals surface area (Å²) in [6.07, 6.45) is 0.646. The monoisotopic (exact) mass is 316 g/mol. The normalized spacial score (nSPS) is 18.9. The molecule has 108 valence electrons. The Kier molecular flexibility index (Phi) is 3.96. The number of amides is 2. The molecule has 1 saturated heterocycles. The molecule has 6 nitrogen and oxygen atoms in total. The second-order valence-corrected chi connectivity index (χ2v) is 5.46. The molecule has 1 fully saturated rings. The highest BCUT2D eigenvalue weighted by Gasteiger charge is 2.28. The number of fused-ring (bicyclic) bond motifs is 1. The minimum Gasteiger partial charge on any atom is -0.378 e. The van der Waals surface area contributed by atoms with E-state index >= 15 is 0 Å². The molecule has 3 heterocycles. The maximum atomic E-state index is 12.4. The molecule has 0 saturated carbocycles. The predicted octanol–water partition coefficient (Wildman–Crippen LogP) is 1.59. The number of hydrogen-bond acceptors (Lipinski definition) is 4. The van der Waals surface area contributed by atoms with E-state index < -0.39 is 0 Å². The lowest BCUT2D eigenvalue weighted by molar-refractivity contribution is 0.0421. The van der Waals surface area contributed by atoms with Gasteiger partial charge in [0.1, 0.15) is 5.15 Å². The standard InChI is InChI=1S/C12H14Cl2N4O2/c13-10-8-7-18(2-1-9(8)15-11(14)16-10)12(19)17-3-5-20-6-4-17/h1-7H2. The molecule has 0 bridgehead atoms. The van der Waals surface area contributed by atoms with Gasteiger partial charge in [-0.3, -0.25) is 0 Å². The van der Waals surface area contributed by atoms with Crippen LogP contribution in [0.15, 0.2) is 0 Å². The molecule has 0 atom stereocenters. The van der Waals surface area contributed by atoms with Crippen molar-refractivity contribution in [2.45, 2.75) is 13.0 Å². The summed E-state index contributed by atoms with van der Waals surface area (Å²) in [5.41, 5.74) is 1.63. The maximum absolute atomic E-state index is 12.4. The molecule has 0 aliphatic carbocycles. The van der Waals surface area contributed by atoms with Gasteiger partial charge in [0.05, 0.1) is 25.5 Å². The Hall–Kier alpha value is -1.11. The summed E-state index contributed by atoms with van der Waals surface area (Å²) < 4.78 is 5.26. The highest BCUT2D eigenvalue weighted by Crippen LogP contribution is 2.25. The molecule has 0 radical (unpaired) electrons. The molecule has 3 rings (SSSR count). The van der Waals surface area contributed by atoms with Gasteiger partial charge in [-0.2, -0.15) is 0 Å². The number of urea groups is 1. The van der Waals surface area contributed by atoms with Crippen LogP contribution in [0.1, 0.15) is 11.3 Å². The van der Waals surface area contributed by atoms with Crippen LogP contribution in [-0.4, -0.2) is 58.6 Å².